The molecule has 0 aliphatic heterocycles. The van der Waals surface area contributed by atoms with Crippen LogP contribution >= 0.6 is 0 Å². The highest BCUT2D eigenvalue weighted by Crippen LogP contribution is 2.64. The standard InChI is InChI=1S/C24H27F2NO5/c25-22(26)32-18-9-4-6-16(12-18)14-31-15-20(28)27-24(17-7-5-8-17)13-19(24)23(21(29)30)10-2-1-3-11-23/h1-4,6,9-10,12,17,19,22H,5,7-8,11,13-15H2,(H,27,28)(H,29,30). The lowest BCUT2D eigenvalue weighted by Crippen LogP contribution is -2.51. The summed E-state index contributed by atoms with van der Waals surface area (Å²) in [5, 5.41) is 13.1. The van der Waals surface area contributed by atoms with Gasteiger partial charge in [-0.15, -0.1) is 0 Å². The quantitative estimate of drug-likeness (QED) is 0.565. The summed E-state index contributed by atoms with van der Waals surface area (Å²) in [5.74, 6) is -1.01. The number of carbonyl (C=O) groups is 2. The Hall–Kier alpha value is -2.74. The molecular weight excluding hydrogens is 420 g/mol. The van der Waals surface area contributed by atoms with Crippen LogP contribution in [-0.4, -0.2) is 35.7 Å². The Balaban J connectivity index is 1.36. The number of halogens is 2. The van der Waals surface area contributed by atoms with Crippen LogP contribution in [0.5, 0.6) is 5.75 Å². The molecule has 0 spiro atoms. The lowest BCUT2D eigenvalue weighted by molar-refractivity contribution is -0.148. The number of rotatable bonds is 10. The van der Waals surface area contributed by atoms with Gasteiger partial charge in [0.05, 0.1) is 12.0 Å². The zero-order valence-corrected chi connectivity index (χ0v) is 17.6. The summed E-state index contributed by atoms with van der Waals surface area (Å²) in [6.07, 6.45) is 11.3. The summed E-state index contributed by atoms with van der Waals surface area (Å²) < 4.78 is 34.6. The predicted octanol–water partition coefficient (Wildman–Crippen LogP) is 4.07. The number of ether oxygens (including phenoxy) is 2. The molecule has 3 atom stereocenters. The van der Waals surface area contributed by atoms with E-state index in [9.17, 15) is 23.5 Å². The molecule has 172 valence electrons. The molecule has 6 nitrogen and oxygen atoms in total. The highest BCUT2D eigenvalue weighted by molar-refractivity contribution is 5.82. The van der Waals surface area contributed by atoms with E-state index in [4.69, 9.17) is 4.74 Å². The number of benzene rings is 1. The molecule has 0 radical (unpaired) electrons. The minimum absolute atomic E-state index is 0.0314. The largest absolute Gasteiger partial charge is 0.481 e. The van der Waals surface area contributed by atoms with Crippen LogP contribution in [0.25, 0.3) is 0 Å². The van der Waals surface area contributed by atoms with Crippen molar-refractivity contribution in [1.29, 1.82) is 0 Å². The third-order valence-corrected chi connectivity index (χ3v) is 6.95. The van der Waals surface area contributed by atoms with Gasteiger partial charge in [-0.2, -0.15) is 8.78 Å². The number of carboxylic acid groups (broad SMARTS) is 1. The fraction of sp³-hybridized carbons (Fsp3) is 0.500. The van der Waals surface area contributed by atoms with Crippen LogP contribution in [0.15, 0.2) is 48.6 Å². The number of hydrogen-bond donors (Lipinski definition) is 2. The summed E-state index contributed by atoms with van der Waals surface area (Å²) in [6, 6.07) is 6.14. The number of aliphatic carboxylic acids is 1. The van der Waals surface area contributed by atoms with Gasteiger partial charge in [0.15, 0.2) is 0 Å². The second-order valence-corrected chi connectivity index (χ2v) is 8.83. The zero-order valence-electron chi connectivity index (χ0n) is 17.6. The number of carbonyl (C=O) groups excluding carboxylic acids is 1. The molecular formula is C24H27F2NO5. The maximum Gasteiger partial charge on any atom is 0.387 e. The molecule has 0 aromatic heterocycles. The minimum Gasteiger partial charge on any atom is -0.481 e. The van der Waals surface area contributed by atoms with Crippen LogP contribution in [0.4, 0.5) is 8.78 Å². The summed E-state index contributed by atoms with van der Waals surface area (Å²) in [7, 11) is 0. The maximum atomic E-state index is 12.7. The average Bonchev–Trinajstić information content (AvgIpc) is 3.41. The molecule has 3 unspecified atom stereocenters. The van der Waals surface area contributed by atoms with Crippen LogP contribution in [0.3, 0.4) is 0 Å². The Morgan fingerprint density at radius 3 is 2.69 bits per heavy atom. The third-order valence-electron chi connectivity index (χ3n) is 6.95. The van der Waals surface area contributed by atoms with Crippen molar-refractivity contribution in [3.63, 3.8) is 0 Å². The van der Waals surface area contributed by atoms with E-state index in [-0.39, 0.29) is 36.7 Å². The van der Waals surface area contributed by atoms with E-state index >= 15 is 0 Å². The van der Waals surface area contributed by atoms with E-state index in [0.29, 0.717) is 18.4 Å². The first-order valence-electron chi connectivity index (χ1n) is 10.9. The maximum absolute atomic E-state index is 12.7. The zero-order chi connectivity index (χ0) is 22.8. The first kappa shape index (κ1) is 22.5. The van der Waals surface area contributed by atoms with Gasteiger partial charge in [0.1, 0.15) is 12.4 Å². The monoisotopic (exact) mass is 447 g/mol. The fourth-order valence-corrected chi connectivity index (χ4v) is 5.11. The van der Waals surface area contributed by atoms with E-state index in [2.05, 4.69) is 10.1 Å². The Bertz CT molecular complexity index is 929. The van der Waals surface area contributed by atoms with Crippen molar-refractivity contribution in [2.45, 2.75) is 50.9 Å². The van der Waals surface area contributed by atoms with Gasteiger partial charge in [0, 0.05) is 11.5 Å². The molecule has 0 bridgehead atoms. The van der Waals surface area contributed by atoms with Crippen LogP contribution in [0.1, 0.15) is 37.7 Å². The summed E-state index contributed by atoms with van der Waals surface area (Å²) in [4.78, 5) is 24.9. The fourth-order valence-electron chi connectivity index (χ4n) is 5.11. The van der Waals surface area contributed by atoms with E-state index in [1.165, 1.54) is 12.1 Å². The number of allylic oxidation sites excluding steroid dienone is 3. The lowest BCUT2D eigenvalue weighted by Gasteiger charge is -2.39. The molecule has 1 aromatic carbocycles. The summed E-state index contributed by atoms with van der Waals surface area (Å²) in [5.41, 5.74) is -0.903. The highest BCUT2D eigenvalue weighted by Gasteiger charge is 2.69. The topological polar surface area (TPSA) is 84.9 Å². The van der Waals surface area contributed by atoms with Crippen molar-refractivity contribution in [1.82, 2.24) is 5.32 Å². The first-order chi connectivity index (χ1) is 15.4. The molecule has 32 heavy (non-hydrogen) atoms. The molecule has 2 N–H and O–H groups in total. The molecule has 2 fully saturated rings. The summed E-state index contributed by atoms with van der Waals surface area (Å²) in [6.45, 7) is -3.04. The van der Waals surface area contributed by atoms with Gasteiger partial charge in [-0.3, -0.25) is 9.59 Å². The van der Waals surface area contributed by atoms with Crippen molar-refractivity contribution in [2.75, 3.05) is 6.61 Å². The molecule has 3 aliphatic carbocycles. The Labute approximate surface area is 185 Å². The molecule has 1 aromatic rings. The van der Waals surface area contributed by atoms with Crippen molar-refractivity contribution >= 4 is 11.9 Å². The van der Waals surface area contributed by atoms with Crippen molar-refractivity contribution in [3.05, 3.63) is 54.1 Å². The Morgan fingerprint density at radius 2 is 2.06 bits per heavy atom. The van der Waals surface area contributed by atoms with Gasteiger partial charge < -0.3 is 19.9 Å². The molecule has 3 aliphatic rings. The molecule has 8 heteroatoms. The van der Waals surface area contributed by atoms with Crippen molar-refractivity contribution in [3.8, 4) is 5.75 Å². The first-order valence-corrected chi connectivity index (χ1v) is 10.9. The molecule has 2 saturated carbocycles. The second kappa shape index (κ2) is 9.02. The van der Waals surface area contributed by atoms with Crippen molar-refractivity contribution in [2.24, 2.45) is 17.3 Å². The van der Waals surface area contributed by atoms with E-state index in [1.807, 2.05) is 12.2 Å². The Morgan fingerprint density at radius 1 is 1.25 bits per heavy atom. The number of alkyl halides is 2. The minimum atomic E-state index is -2.91. The molecule has 0 saturated heterocycles. The van der Waals surface area contributed by atoms with Crippen LogP contribution < -0.4 is 10.1 Å². The molecule has 0 heterocycles. The number of carboxylic acids is 1. The third kappa shape index (κ3) is 4.41. The van der Waals surface area contributed by atoms with E-state index < -0.39 is 23.5 Å². The normalized spacial score (nSPS) is 28.9. The van der Waals surface area contributed by atoms with Gasteiger partial charge >= 0.3 is 12.6 Å². The number of amides is 1. The second-order valence-electron chi connectivity index (χ2n) is 8.83. The highest BCUT2D eigenvalue weighted by atomic mass is 19.3. The predicted molar refractivity (Wildman–Crippen MR) is 112 cm³/mol. The van der Waals surface area contributed by atoms with Gasteiger partial charge in [-0.1, -0.05) is 42.9 Å². The molecule has 4 rings (SSSR count). The van der Waals surface area contributed by atoms with E-state index in [0.717, 1.165) is 19.3 Å². The average molecular weight is 447 g/mol. The molecule has 1 amide bonds. The smallest absolute Gasteiger partial charge is 0.387 e. The van der Waals surface area contributed by atoms with Crippen LogP contribution in [0, 0.1) is 17.3 Å². The van der Waals surface area contributed by atoms with Gasteiger partial charge in [-0.25, -0.2) is 0 Å². The summed E-state index contributed by atoms with van der Waals surface area (Å²) >= 11 is 0. The lowest BCUT2D eigenvalue weighted by atomic mass is 9.70. The van der Waals surface area contributed by atoms with Crippen LogP contribution in [-0.2, 0) is 20.9 Å². The Kier molecular flexibility index (Phi) is 6.33. The van der Waals surface area contributed by atoms with Gasteiger partial charge in [0.25, 0.3) is 0 Å². The van der Waals surface area contributed by atoms with Gasteiger partial charge in [0.2, 0.25) is 5.91 Å². The van der Waals surface area contributed by atoms with Gasteiger partial charge in [-0.05, 0) is 49.3 Å². The van der Waals surface area contributed by atoms with Crippen LogP contribution in [0.2, 0.25) is 0 Å². The SMILES string of the molecule is O=C(COCc1cccc(OC(F)F)c1)NC1(C2CCC2)CC1C1(C(=O)O)C=CC=CC1. The van der Waals surface area contributed by atoms with Crippen molar-refractivity contribution < 1.29 is 33.0 Å². The number of nitrogens with one attached hydrogen (secondary N) is 1. The number of hydrogen-bond acceptors (Lipinski definition) is 4. The van der Waals surface area contributed by atoms with E-state index in [1.54, 1.807) is 24.3 Å².